The third kappa shape index (κ3) is 2.76. The third-order valence-corrected chi connectivity index (χ3v) is 3.83. The number of aryl methyl sites for hydroxylation is 1. The molecule has 6 nitrogen and oxygen atoms in total. The molecule has 7 heteroatoms. The van der Waals surface area contributed by atoms with Crippen molar-refractivity contribution in [1.29, 1.82) is 0 Å². The Morgan fingerprint density at radius 2 is 1.60 bits per heavy atom. The summed E-state index contributed by atoms with van der Waals surface area (Å²) in [6.07, 6.45) is 1.42. The zero-order chi connectivity index (χ0) is 17.4. The molecule has 124 valence electrons. The maximum Gasteiger partial charge on any atom is 0.163 e. The van der Waals surface area contributed by atoms with Gasteiger partial charge in [0.15, 0.2) is 5.65 Å². The van der Waals surface area contributed by atoms with Gasteiger partial charge in [0.2, 0.25) is 0 Å². The molecule has 25 heavy (non-hydrogen) atoms. The molecule has 0 aliphatic heterocycles. The van der Waals surface area contributed by atoms with Crippen molar-refractivity contribution in [2.24, 2.45) is 7.05 Å². The fourth-order valence-electron chi connectivity index (χ4n) is 2.63. The van der Waals surface area contributed by atoms with E-state index in [0.717, 1.165) is 10.9 Å². The van der Waals surface area contributed by atoms with Crippen LogP contribution in [0, 0.1) is 5.82 Å². The van der Waals surface area contributed by atoms with Crippen molar-refractivity contribution in [1.82, 2.24) is 19.7 Å². The second kappa shape index (κ2) is 5.86. The number of fused-ring (bicyclic) bond motifs is 1. The highest BCUT2D eigenvalue weighted by molar-refractivity contribution is 5.98. The number of halogens is 1. The van der Waals surface area contributed by atoms with Gasteiger partial charge in [-0.2, -0.15) is 5.10 Å². The first kappa shape index (κ1) is 15.1. The fourth-order valence-corrected chi connectivity index (χ4v) is 2.63. The van der Waals surface area contributed by atoms with Crippen LogP contribution in [0.5, 0.6) is 11.5 Å². The van der Waals surface area contributed by atoms with Gasteiger partial charge in [-0.05, 0) is 48.5 Å². The Hall–Kier alpha value is -3.48. The minimum absolute atomic E-state index is 0.301. The summed E-state index contributed by atoms with van der Waals surface area (Å²) in [5, 5.41) is 5.22. The molecule has 0 radical (unpaired) electrons. The lowest BCUT2D eigenvalue weighted by Crippen LogP contribution is -1.95. The van der Waals surface area contributed by atoms with Gasteiger partial charge < -0.3 is 10.5 Å². The molecule has 0 atom stereocenters. The van der Waals surface area contributed by atoms with E-state index in [4.69, 9.17) is 10.5 Å². The van der Waals surface area contributed by atoms with E-state index in [-0.39, 0.29) is 5.82 Å². The predicted molar refractivity (Wildman–Crippen MR) is 92.6 cm³/mol. The Balaban J connectivity index is 1.68. The molecule has 0 unspecified atom stereocenters. The van der Waals surface area contributed by atoms with Crippen LogP contribution < -0.4 is 10.5 Å². The van der Waals surface area contributed by atoms with Crippen LogP contribution in [-0.2, 0) is 7.05 Å². The Kier molecular flexibility index (Phi) is 3.53. The number of nitrogens with zero attached hydrogens (tertiary/aromatic N) is 4. The first-order valence-corrected chi connectivity index (χ1v) is 7.59. The smallest absolute Gasteiger partial charge is 0.163 e. The largest absolute Gasteiger partial charge is 0.457 e. The van der Waals surface area contributed by atoms with Gasteiger partial charge in [-0.15, -0.1) is 0 Å². The van der Waals surface area contributed by atoms with Gasteiger partial charge in [0, 0.05) is 12.6 Å². The van der Waals surface area contributed by atoms with Gasteiger partial charge in [0.1, 0.15) is 35.2 Å². The third-order valence-electron chi connectivity index (χ3n) is 3.83. The van der Waals surface area contributed by atoms with E-state index in [1.807, 2.05) is 31.3 Å². The minimum atomic E-state index is -0.301. The number of rotatable bonds is 3. The number of anilines is 1. The summed E-state index contributed by atoms with van der Waals surface area (Å²) in [5.74, 6) is 1.29. The number of hydrogen-bond donors (Lipinski definition) is 1. The molecule has 4 aromatic rings. The summed E-state index contributed by atoms with van der Waals surface area (Å²) in [6, 6.07) is 13.3. The average Bonchev–Trinajstić information content (AvgIpc) is 2.96. The van der Waals surface area contributed by atoms with Crippen LogP contribution in [0.15, 0.2) is 54.9 Å². The van der Waals surface area contributed by atoms with Crippen molar-refractivity contribution in [2.75, 3.05) is 5.73 Å². The molecule has 0 aliphatic carbocycles. The molecule has 2 N–H and O–H groups in total. The van der Waals surface area contributed by atoms with E-state index < -0.39 is 0 Å². The zero-order valence-corrected chi connectivity index (χ0v) is 13.3. The molecule has 2 aromatic carbocycles. The summed E-state index contributed by atoms with van der Waals surface area (Å²) in [4.78, 5) is 8.27. The van der Waals surface area contributed by atoms with Crippen LogP contribution in [0.3, 0.4) is 0 Å². The van der Waals surface area contributed by atoms with Crippen molar-refractivity contribution in [3.05, 3.63) is 60.7 Å². The number of nitrogens with two attached hydrogens (primary N) is 1. The average molecular weight is 335 g/mol. The molecule has 0 amide bonds. The van der Waals surface area contributed by atoms with Crippen molar-refractivity contribution in [2.45, 2.75) is 0 Å². The van der Waals surface area contributed by atoms with E-state index in [1.165, 1.54) is 18.5 Å². The Labute approximate surface area is 142 Å². The highest BCUT2D eigenvalue weighted by Gasteiger charge is 2.15. The molecule has 0 saturated carbocycles. The van der Waals surface area contributed by atoms with E-state index in [2.05, 4.69) is 15.1 Å². The first-order valence-electron chi connectivity index (χ1n) is 7.59. The van der Waals surface area contributed by atoms with Gasteiger partial charge in [-0.25, -0.2) is 19.0 Å². The SMILES string of the molecule is Cn1nc(-c2ccc(Oc3ccc(F)cc3)cc2)c2c(N)ncnc21. The fraction of sp³-hybridized carbons (Fsp3) is 0.0556. The maximum atomic E-state index is 12.9. The Bertz CT molecular complexity index is 1040. The molecule has 4 rings (SSSR count). The van der Waals surface area contributed by atoms with Crippen LogP contribution in [-0.4, -0.2) is 19.7 Å². The van der Waals surface area contributed by atoms with E-state index in [0.29, 0.717) is 28.7 Å². The second-order valence-electron chi connectivity index (χ2n) is 5.51. The topological polar surface area (TPSA) is 78.9 Å². The van der Waals surface area contributed by atoms with Gasteiger partial charge in [-0.1, -0.05) is 0 Å². The molecule has 0 fully saturated rings. The lowest BCUT2D eigenvalue weighted by Gasteiger charge is -2.06. The van der Waals surface area contributed by atoms with Crippen molar-refractivity contribution in [3.63, 3.8) is 0 Å². The Morgan fingerprint density at radius 1 is 0.960 bits per heavy atom. The van der Waals surface area contributed by atoms with E-state index in [9.17, 15) is 4.39 Å². The molecule has 0 spiro atoms. The number of nitrogen functional groups attached to an aromatic ring is 1. The molecule has 0 aliphatic rings. The molecular formula is C18H14FN5O. The molecular weight excluding hydrogens is 321 g/mol. The van der Waals surface area contributed by atoms with Crippen molar-refractivity contribution >= 4 is 16.9 Å². The summed E-state index contributed by atoms with van der Waals surface area (Å²) < 4.78 is 20.3. The summed E-state index contributed by atoms with van der Waals surface area (Å²) in [5.41, 5.74) is 8.25. The quantitative estimate of drug-likeness (QED) is 0.619. The minimum Gasteiger partial charge on any atom is -0.457 e. The van der Waals surface area contributed by atoms with Crippen LogP contribution >= 0.6 is 0 Å². The summed E-state index contributed by atoms with van der Waals surface area (Å²) in [6.45, 7) is 0. The number of hydrogen-bond acceptors (Lipinski definition) is 5. The number of aromatic nitrogens is 4. The van der Waals surface area contributed by atoms with Gasteiger partial charge in [-0.3, -0.25) is 0 Å². The standard InChI is InChI=1S/C18H14FN5O/c1-24-18-15(17(20)21-10-22-18)16(23-24)11-2-6-13(7-3-11)25-14-8-4-12(19)5-9-14/h2-10H,1H3,(H2,20,21,22). The van der Waals surface area contributed by atoms with Gasteiger partial charge in [0.25, 0.3) is 0 Å². The molecule has 2 heterocycles. The molecule has 0 saturated heterocycles. The normalized spacial score (nSPS) is 11.0. The monoisotopic (exact) mass is 335 g/mol. The van der Waals surface area contributed by atoms with Crippen LogP contribution in [0.1, 0.15) is 0 Å². The van der Waals surface area contributed by atoms with Crippen LogP contribution in [0.4, 0.5) is 10.2 Å². The highest BCUT2D eigenvalue weighted by Crippen LogP contribution is 2.31. The number of benzene rings is 2. The lowest BCUT2D eigenvalue weighted by atomic mass is 10.1. The lowest BCUT2D eigenvalue weighted by molar-refractivity contribution is 0.480. The first-order chi connectivity index (χ1) is 12.1. The van der Waals surface area contributed by atoms with Crippen molar-refractivity contribution < 1.29 is 9.13 Å². The summed E-state index contributed by atoms with van der Waals surface area (Å²) >= 11 is 0. The maximum absolute atomic E-state index is 12.9. The zero-order valence-electron chi connectivity index (χ0n) is 13.3. The predicted octanol–water partition coefficient (Wildman–Crippen LogP) is 3.54. The van der Waals surface area contributed by atoms with Crippen molar-refractivity contribution in [3.8, 4) is 22.8 Å². The Morgan fingerprint density at radius 3 is 2.28 bits per heavy atom. The highest BCUT2D eigenvalue weighted by atomic mass is 19.1. The van der Waals surface area contributed by atoms with Crippen LogP contribution in [0.25, 0.3) is 22.3 Å². The second-order valence-corrected chi connectivity index (χ2v) is 5.51. The van der Waals surface area contributed by atoms with E-state index >= 15 is 0 Å². The molecule has 0 bridgehead atoms. The van der Waals surface area contributed by atoms with Gasteiger partial charge >= 0.3 is 0 Å². The van der Waals surface area contributed by atoms with E-state index in [1.54, 1.807) is 16.8 Å². The molecule has 2 aromatic heterocycles. The van der Waals surface area contributed by atoms with Crippen LogP contribution in [0.2, 0.25) is 0 Å². The summed E-state index contributed by atoms with van der Waals surface area (Å²) in [7, 11) is 1.81. The van der Waals surface area contributed by atoms with Gasteiger partial charge in [0.05, 0.1) is 5.39 Å². The number of ether oxygens (including phenoxy) is 1.